The molecule has 1 aromatic carbocycles. The number of ether oxygens (including phenoxy) is 2. The Morgan fingerprint density at radius 3 is 2.77 bits per heavy atom. The van der Waals surface area contributed by atoms with Gasteiger partial charge in [-0.05, 0) is 51.6 Å². The number of fused-ring (bicyclic) bond motifs is 1. The first-order valence-corrected chi connectivity index (χ1v) is 11.8. The van der Waals surface area contributed by atoms with Gasteiger partial charge in [0, 0.05) is 44.7 Å². The number of aryl methyl sites for hydroxylation is 1. The Morgan fingerprint density at radius 1 is 1.13 bits per heavy atom. The summed E-state index contributed by atoms with van der Waals surface area (Å²) in [7, 11) is 0. The molecule has 0 spiro atoms. The van der Waals surface area contributed by atoms with E-state index in [1.807, 2.05) is 0 Å². The summed E-state index contributed by atoms with van der Waals surface area (Å²) < 4.78 is 12.3. The number of hydrogen-bond donors (Lipinski definition) is 2. The fraction of sp³-hybridized carbons (Fsp3) is 0.708. The van der Waals surface area contributed by atoms with E-state index >= 15 is 0 Å². The van der Waals surface area contributed by atoms with Crippen molar-refractivity contribution in [2.75, 3.05) is 45.9 Å². The molecule has 2 N–H and O–H groups in total. The van der Waals surface area contributed by atoms with Crippen molar-refractivity contribution in [2.24, 2.45) is 10.9 Å². The Hall–Kier alpha value is -0.900. The predicted octanol–water partition coefficient (Wildman–Crippen LogP) is 3.50. The van der Waals surface area contributed by atoms with Crippen molar-refractivity contribution in [2.45, 2.75) is 57.8 Å². The minimum atomic E-state index is 0. The maximum atomic E-state index is 6.17. The SMILES string of the molecule is CCNC(=NCC1CCCOC1c1ccc(C)cc1)NCC1CN2CCCC2CO1.I. The van der Waals surface area contributed by atoms with Crippen LogP contribution in [-0.4, -0.2) is 68.9 Å². The summed E-state index contributed by atoms with van der Waals surface area (Å²) in [6.45, 7) is 10.6. The monoisotopic (exact) mass is 542 g/mol. The molecule has 6 nitrogen and oxygen atoms in total. The number of guanidine groups is 1. The van der Waals surface area contributed by atoms with Crippen LogP contribution in [0, 0.1) is 12.8 Å². The highest BCUT2D eigenvalue weighted by atomic mass is 127. The van der Waals surface area contributed by atoms with E-state index in [0.29, 0.717) is 12.0 Å². The first kappa shape index (κ1) is 24.7. The van der Waals surface area contributed by atoms with Crippen LogP contribution in [0.5, 0.6) is 0 Å². The van der Waals surface area contributed by atoms with Gasteiger partial charge in [-0.15, -0.1) is 24.0 Å². The molecule has 3 aliphatic rings. The van der Waals surface area contributed by atoms with Gasteiger partial charge >= 0.3 is 0 Å². The second-order valence-corrected chi connectivity index (χ2v) is 8.95. The number of rotatable bonds is 6. The normalized spacial score (nSPS) is 29.2. The lowest BCUT2D eigenvalue weighted by atomic mass is 9.89. The van der Waals surface area contributed by atoms with Crippen LogP contribution in [0.4, 0.5) is 0 Å². The van der Waals surface area contributed by atoms with Gasteiger partial charge in [-0.25, -0.2) is 0 Å². The van der Waals surface area contributed by atoms with Crippen LogP contribution < -0.4 is 10.6 Å². The molecule has 7 heteroatoms. The van der Waals surface area contributed by atoms with E-state index in [1.54, 1.807) is 0 Å². The predicted molar refractivity (Wildman–Crippen MR) is 136 cm³/mol. The minimum absolute atomic E-state index is 0. The van der Waals surface area contributed by atoms with E-state index in [0.717, 1.165) is 58.2 Å². The number of nitrogens with one attached hydrogen (secondary N) is 2. The van der Waals surface area contributed by atoms with Gasteiger partial charge in [-0.1, -0.05) is 29.8 Å². The van der Waals surface area contributed by atoms with E-state index in [1.165, 1.54) is 30.5 Å². The van der Waals surface area contributed by atoms with Crippen LogP contribution in [0.25, 0.3) is 0 Å². The average molecular weight is 543 g/mol. The van der Waals surface area contributed by atoms with E-state index in [4.69, 9.17) is 14.5 Å². The van der Waals surface area contributed by atoms with Crippen molar-refractivity contribution < 1.29 is 9.47 Å². The molecule has 0 bridgehead atoms. The van der Waals surface area contributed by atoms with Crippen molar-refractivity contribution in [1.82, 2.24) is 15.5 Å². The zero-order valence-corrected chi connectivity index (χ0v) is 21.3. The zero-order valence-electron chi connectivity index (χ0n) is 19.0. The summed E-state index contributed by atoms with van der Waals surface area (Å²) >= 11 is 0. The van der Waals surface area contributed by atoms with Gasteiger partial charge in [0.1, 0.15) is 0 Å². The second-order valence-electron chi connectivity index (χ2n) is 8.95. The van der Waals surface area contributed by atoms with Crippen molar-refractivity contribution in [3.8, 4) is 0 Å². The van der Waals surface area contributed by atoms with Gasteiger partial charge < -0.3 is 20.1 Å². The molecule has 4 atom stereocenters. The van der Waals surface area contributed by atoms with Crippen LogP contribution in [0.15, 0.2) is 29.3 Å². The molecule has 3 aliphatic heterocycles. The molecule has 3 fully saturated rings. The molecular weight excluding hydrogens is 503 g/mol. The summed E-state index contributed by atoms with van der Waals surface area (Å²) in [6.07, 6.45) is 5.24. The Kier molecular flexibility index (Phi) is 9.87. The molecule has 0 aromatic heterocycles. The number of halogens is 1. The van der Waals surface area contributed by atoms with Crippen molar-refractivity contribution in [3.05, 3.63) is 35.4 Å². The third kappa shape index (κ3) is 6.79. The van der Waals surface area contributed by atoms with E-state index in [-0.39, 0.29) is 36.2 Å². The average Bonchev–Trinajstić information content (AvgIpc) is 3.24. The maximum Gasteiger partial charge on any atom is 0.191 e. The standard InChI is InChI=1S/C24H38N4O2.HI/c1-3-25-24(27-15-22-16-28-12-4-7-21(28)17-30-22)26-14-20-6-5-13-29-23(20)19-10-8-18(2)9-11-19;/h8-11,20-23H,3-7,12-17H2,1-2H3,(H2,25,26,27);1H. The molecule has 4 unspecified atom stereocenters. The van der Waals surface area contributed by atoms with Crippen molar-refractivity contribution in [3.63, 3.8) is 0 Å². The number of morpholine rings is 1. The minimum Gasteiger partial charge on any atom is -0.373 e. The zero-order chi connectivity index (χ0) is 20.8. The lowest BCUT2D eigenvalue weighted by Crippen LogP contribution is -2.51. The highest BCUT2D eigenvalue weighted by Gasteiger charge is 2.32. The van der Waals surface area contributed by atoms with Crippen LogP contribution in [0.3, 0.4) is 0 Å². The molecule has 3 saturated heterocycles. The fourth-order valence-electron chi connectivity index (χ4n) is 4.92. The Balaban J connectivity index is 0.00000272. The van der Waals surface area contributed by atoms with Gasteiger partial charge in [0.05, 0.1) is 18.8 Å². The lowest BCUT2D eigenvalue weighted by molar-refractivity contribution is -0.0453. The topological polar surface area (TPSA) is 58.1 Å². The van der Waals surface area contributed by atoms with Crippen molar-refractivity contribution >= 4 is 29.9 Å². The smallest absolute Gasteiger partial charge is 0.191 e. The molecule has 31 heavy (non-hydrogen) atoms. The van der Waals surface area contributed by atoms with Crippen LogP contribution in [0.2, 0.25) is 0 Å². The Bertz CT molecular complexity index is 699. The first-order valence-electron chi connectivity index (χ1n) is 11.8. The number of benzene rings is 1. The van der Waals surface area contributed by atoms with Gasteiger partial charge in [-0.3, -0.25) is 9.89 Å². The highest BCUT2D eigenvalue weighted by molar-refractivity contribution is 14.0. The lowest BCUT2D eigenvalue weighted by Gasteiger charge is -2.35. The van der Waals surface area contributed by atoms with Gasteiger partial charge in [0.25, 0.3) is 0 Å². The molecule has 0 radical (unpaired) electrons. The molecule has 3 heterocycles. The van der Waals surface area contributed by atoms with E-state index in [9.17, 15) is 0 Å². The van der Waals surface area contributed by atoms with Gasteiger partial charge in [0.2, 0.25) is 0 Å². The number of aliphatic imine (C=N–C) groups is 1. The molecule has 0 saturated carbocycles. The number of hydrogen-bond acceptors (Lipinski definition) is 4. The van der Waals surface area contributed by atoms with E-state index < -0.39 is 0 Å². The molecule has 4 rings (SSSR count). The molecular formula is C24H39IN4O2. The quantitative estimate of drug-likeness (QED) is 0.328. The van der Waals surface area contributed by atoms with Crippen LogP contribution >= 0.6 is 24.0 Å². The van der Waals surface area contributed by atoms with E-state index in [2.05, 4.69) is 53.6 Å². The second kappa shape index (κ2) is 12.4. The molecule has 0 amide bonds. The Labute approximate surface area is 204 Å². The molecule has 0 aliphatic carbocycles. The molecule has 1 aromatic rings. The summed E-state index contributed by atoms with van der Waals surface area (Å²) in [5.41, 5.74) is 2.56. The Morgan fingerprint density at radius 2 is 1.97 bits per heavy atom. The third-order valence-electron chi connectivity index (χ3n) is 6.64. The molecule has 174 valence electrons. The van der Waals surface area contributed by atoms with Crippen molar-refractivity contribution in [1.29, 1.82) is 0 Å². The third-order valence-corrected chi connectivity index (χ3v) is 6.64. The first-order chi connectivity index (χ1) is 14.7. The summed E-state index contributed by atoms with van der Waals surface area (Å²) in [6, 6.07) is 9.41. The number of nitrogens with zero attached hydrogens (tertiary/aromatic N) is 2. The van der Waals surface area contributed by atoms with Gasteiger partial charge in [0.15, 0.2) is 5.96 Å². The summed E-state index contributed by atoms with van der Waals surface area (Å²) in [4.78, 5) is 7.52. The van der Waals surface area contributed by atoms with Crippen LogP contribution in [0.1, 0.15) is 49.8 Å². The summed E-state index contributed by atoms with van der Waals surface area (Å²) in [5, 5.41) is 6.92. The largest absolute Gasteiger partial charge is 0.373 e. The highest BCUT2D eigenvalue weighted by Crippen LogP contribution is 2.34. The van der Waals surface area contributed by atoms with Gasteiger partial charge in [-0.2, -0.15) is 0 Å². The van der Waals surface area contributed by atoms with Crippen LogP contribution in [-0.2, 0) is 9.47 Å². The maximum absolute atomic E-state index is 6.17. The fourth-order valence-corrected chi connectivity index (χ4v) is 4.92. The summed E-state index contributed by atoms with van der Waals surface area (Å²) in [5.74, 6) is 1.30.